The van der Waals surface area contributed by atoms with Crippen molar-refractivity contribution in [1.29, 1.82) is 0 Å². The SMILES string of the molecule is CSCCC(C)N(C)c1ncc(CNC2CC2)s1. The molecule has 1 N–H and O–H groups in total. The van der Waals surface area contributed by atoms with Crippen molar-refractivity contribution in [3.05, 3.63) is 11.1 Å². The smallest absolute Gasteiger partial charge is 0.185 e. The van der Waals surface area contributed by atoms with E-state index in [2.05, 4.69) is 35.4 Å². The highest BCUT2D eigenvalue weighted by Gasteiger charge is 2.20. The summed E-state index contributed by atoms with van der Waals surface area (Å²) in [5.41, 5.74) is 0. The Kier molecular flexibility index (Phi) is 5.33. The minimum absolute atomic E-state index is 0.563. The summed E-state index contributed by atoms with van der Waals surface area (Å²) in [6, 6.07) is 1.33. The molecule has 5 heteroatoms. The Morgan fingerprint density at radius 2 is 2.39 bits per heavy atom. The van der Waals surface area contributed by atoms with Gasteiger partial charge in [-0.15, -0.1) is 11.3 Å². The Labute approximate surface area is 118 Å². The van der Waals surface area contributed by atoms with Gasteiger partial charge in [0.25, 0.3) is 0 Å². The second-order valence-electron chi connectivity index (χ2n) is 5.01. The molecule has 1 atom stereocenters. The third-order valence-electron chi connectivity index (χ3n) is 3.39. The van der Waals surface area contributed by atoms with Crippen molar-refractivity contribution in [3.8, 4) is 0 Å². The van der Waals surface area contributed by atoms with E-state index in [1.165, 1.54) is 29.9 Å². The molecule has 1 heterocycles. The van der Waals surface area contributed by atoms with Crippen LogP contribution in [0.3, 0.4) is 0 Å². The summed E-state index contributed by atoms with van der Waals surface area (Å²) in [6.07, 6.45) is 8.09. The molecule has 0 bridgehead atoms. The predicted octanol–water partition coefficient (Wildman–Crippen LogP) is 2.97. The zero-order chi connectivity index (χ0) is 13.0. The number of rotatable bonds is 8. The molecule has 0 saturated heterocycles. The first-order chi connectivity index (χ1) is 8.70. The average Bonchev–Trinajstić information content (AvgIpc) is 3.09. The van der Waals surface area contributed by atoms with Gasteiger partial charge in [0.2, 0.25) is 0 Å². The van der Waals surface area contributed by atoms with Gasteiger partial charge in [-0.3, -0.25) is 0 Å². The zero-order valence-electron chi connectivity index (χ0n) is 11.5. The van der Waals surface area contributed by atoms with E-state index in [4.69, 9.17) is 0 Å². The molecule has 0 spiro atoms. The first-order valence-electron chi connectivity index (χ1n) is 6.60. The number of aromatic nitrogens is 1. The van der Waals surface area contributed by atoms with Gasteiger partial charge in [-0.2, -0.15) is 11.8 Å². The van der Waals surface area contributed by atoms with Crippen LogP contribution in [0.4, 0.5) is 5.13 Å². The standard InChI is InChI=1S/C13H23N3S2/c1-10(6-7-17-3)16(2)13-15-9-12(18-13)8-14-11-4-5-11/h9-11,14H,4-8H2,1-3H3. The number of anilines is 1. The Morgan fingerprint density at radius 1 is 1.61 bits per heavy atom. The summed E-state index contributed by atoms with van der Waals surface area (Å²) >= 11 is 3.73. The molecular formula is C13H23N3S2. The van der Waals surface area contributed by atoms with Crippen molar-refractivity contribution in [2.75, 3.05) is 24.0 Å². The van der Waals surface area contributed by atoms with Crippen LogP contribution in [0.1, 0.15) is 31.1 Å². The van der Waals surface area contributed by atoms with Gasteiger partial charge in [-0.05, 0) is 38.2 Å². The summed E-state index contributed by atoms with van der Waals surface area (Å²) in [6.45, 7) is 3.26. The normalized spacial score (nSPS) is 16.8. The van der Waals surface area contributed by atoms with Crippen LogP contribution in [0.2, 0.25) is 0 Å². The van der Waals surface area contributed by atoms with E-state index >= 15 is 0 Å². The van der Waals surface area contributed by atoms with E-state index in [9.17, 15) is 0 Å². The molecule has 3 nitrogen and oxygen atoms in total. The Morgan fingerprint density at radius 3 is 3.06 bits per heavy atom. The van der Waals surface area contributed by atoms with Crippen LogP contribution >= 0.6 is 23.1 Å². The molecular weight excluding hydrogens is 262 g/mol. The van der Waals surface area contributed by atoms with E-state index in [0.717, 1.165) is 17.7 Å². The van der Waals surface area contributed by atoms with E-state index in [-0.39, 0.29) is 0 Å². The molecule has 18 heavy (non-hydrogen) atoms. The molecule has 1 aromatic heterocycles. The van der Waals surface area contributed by atoms with Gasteiger partial charge in [-0.25, -0.2) is 4.98 Å². The van der Waals surface area contributed by atoms with Crippen LogP contribution in [0.5, 0.6) is 0 Å². The molecule has 0 radical (unpaired) electrons. The van der Waals surface area contributed by atoms with E-state index in [0.29, 0.717) is 6.04 Å². The molecule has 1 unspecified atom stereocenters. The molecule has 1 aliphatic carbocycles. The second kappa shape index (κ2) is 6.78. The Bertz CT molecular complexity index is 363. The lowest BCUT2D eigenvalue weighted by Gasteiger charge is -2.23. The molecule has 2 rings (SSSR count). The monoisotopic (exact) mass is 285 g/mol. The fourth-order valence-corrected chi connectivity index (χ4v) is 3.25. The van der Waals surface area contributed by atoms with Crippen LogP contribution in [0.25, 0.3) is 0 Å². The van der Waals surface area contributed by atoms with Crippen molar-refractivity contribution < 1.29 is 0 Å². The van der Waals surface area contributed by atoms with E-state index in [1.54, 1.807) is 0 Å². The number of hydrogen-bond donors (Lipinski definition) is 1. The lowest BCUT2D eigenvalue weighted by Crippen LogP contribution is -2.29. The minimum Gasteiger partial charge on any atom is -0.348 e. The zero-order valence-corrected chi connectivity index (χ0v) is 13.1. The van der Waals surface area contributed by atoms with Gasteiger partial charge in [0.1, 0.15) is 0 Å². The second-order valence-corrected chi connectivity index (χ2v) is 7.08. The first-order valence-corrected chi connectivity index (χ1v) is 8.81. The predicted molar refractivity (Wildman–Crippen MR) is 82.8 cm³/mol. The van der Waals surface area contributed by atoms with Crippen LogP contribution in [-0.2, 0) is 6.54 Å². The summed E-state index contributed by atoms with van der Waals surface area (Å²) in [4.78, 5) is 8.20. The third kappa shape index (κ3) is 4.14. The number of hydrogen-bond acceptors (Lipinski definition) is 5. The Hall–Kier alpha value is -0.260. The Balaban J connectivity index is 1.82. The molecule has 0 amide bonds. The fourth-order valence-electron chi connectivity index (χ4n) is 1.74. The molecule has 1 aliphatic rings. The maximum absolute atomic E-state index is 4.54. The van der Waals surface area contributed by atoms with Crippen molar-refractivity contribution in [2.45, 2.75) is 44.8 Å². The van der Waals surface area contributed by atoms with Crippen LogP contribution < -0.4 is 10.2 Å². The van der Waals surface area contributed by atoms with E-state index < -0.39 is 0 Å². The van der Waals surface area contributed by atoms with Crippen LogP contribution in [-0.4, -0.2) is 36.1 Å². The summed E-state index contributed by atoms with van der Waals surface area (Å²) in [7, 11) is 2.15. The topological polar surface area (TPSA) is 28.2 Å². The summed E-state index contributed by atoms with van der Waals surface area (Å²) in [5.74, 6) is 1.22. The number of thiazole rings is 1. The van der Waals surface area contributed by atoms with Crippen molar-refractivity contribution >= 4 is 28.2 Å². The third-order valence-corrected chi connectivity index (χ3v) is 5.12. The highest BCUT2D eigenvalue weighted by Crippen LogP contribution is 2.25. The quantitative estimate of drug-likeness (QED) is 0.795. The van der Waals surface area contributed by atoms with Crippen molar-refractivity contribution in [1.82, 2.24) is 10.3 Å². The van der Waals surface area contributed by atoms with Gasteiger partial charge in [0.05, 0.1) is 0 Å². The van der Waals surface area contributed by atoms with Gasteiger partial charge in [0, 0.05) is 36.8 Å². The maximum Gasteiger partial charge on any atom is 0.185 e. The first kappa shape index (κ1) is 14.2. The highest BCUT2D eigenvalue weighted by atomic mass is 32.2. The molecule has 0 aromatic carbocycles. The van der Waals surface area contributed by atoms with Crippen molar-refractivity contribution in [3.63, 3.8) is 0 Å². The summed E-state index contributed by atoms with van der Waals surface area (Å²) < 4.78 is 0. The minimum atomic E-state index is 0.563. The van der Waals surface area contributed by atoms with Gasteiger partial charge in [-0.1, -0.05) is 0 Å². The lowest BCUT2D eigenvalue weighted by atomic mass is 10.2. The van der Waals surface area contributed by atoms with Gasteiger partial charge < -0.3 is 10.2 Å². The van der Waals surface area contributed by atoms with Gasteiger partial charge >= 0.3 is 0 Å². The largest absolute Gasteiger partial charge is 0.348 e. The fraction of sp³-hybridized carbons (Fsp3) is 0.769. The molecule has 1 fully saturated rings. The number of thioether (sulfide) groups is 1. The van der Waals surface area contributed by atoms with E-state index in [1.807, 2.05) is 29.3 Å². The molecule has 102 valence electrons. The molecule has 1 saturated carbocycles. The van der Waals surface area contributed by atoms with Crippen molar-refractivity contribution in [2.24, 2.45) is 0 Å². The lowest BCUT2D eigenvalue weighted by molar-refractivity contribution is 0.667. The van der Waals surface area contributed by atoms with Crippen LogP contribution in [0.15, 0.2) is 6.20 Å². The summed E-state index contributed by atoms with van der Waals surface area (Å²) in [5, 5.41) is 4.69. The molecule has 0 aliphatic heterocycles. The highest BCUT2D eigenvalue weighted by molar-refractivity contribution is 7.98. The maximum atomic E-state index is 4.54. The van der Waals surface area contributed by atoms with Gasteiger partial charge in [0.15, 0.2) is 5.13 Å². The molecule has 1 aromatic rings. The number of nitrogens with zero attached hydrogens (tertiary/aromatic N) is 2. The number of nitrogens with one attached hydrogen (secondary N) is 1. The van der Waals surface area contributed by atoms with Crippen LogP contribution in [0, 0.1) is 0 Å². The average molecular weight is 285 g/mol.